The maximum absolute atomic E-state index is 11.7. The fraction of sp³-hybridized carbons (Fsp3) is 0.933. The summed E-state index contributed by atoms with van der Waals surface area (Å²) in [5.74, 6) is 1.32. The van der Waals surface area contributed by atoms with Crippen LogP contribution in [0.15, 0.2) is 0 Å². The monoisotopic (exact) mass is 251 g/mol. The first-order valence-electron chi connectivity index (χ1n) is 7.78. The Kier molecular flexibility index (Phi) is 3.49. The van der Waals surface area contributed by atoms with Crippen molar-refractivity contribution in [2.75, 3.05) is 0 Å². The molecule has 0 spiro atoms. The zero-order valence-corrected chi connectivity index (χ0v) is 11.2. The Morgan fingerprint density at radius 2 is 1.28 bits per heavy atom. The first-order chi connectivity index (χ1) is 8.77. The molecule has 3 rings (SSSR count). The van der Waals surface area contributed by atoms with Crippen LogP contribution in [-0.2, 0) is 0 Å². The number of carboxylic acid groups (broad SMARTS) is 1. The molecule has 1 amide bonds. The molecule has 18 heavy (non-hydrogen) atoms. The van der Waals surface area contributed by atoms with Crippen molar-refractivity contribution in [3.8, 4) is 0 Å². The van der Waals surface area contributed by atoms with Gasteiger partial charge in [-0.2, -0.15) is 0 Å². The fourth-order valence-corrected chi connectivity index (χ4v) is 4.75. The first-order valence-corrected chi connectivity index (χ1v) is 7.78. The third kappa shape index (κ3) is 2.12. The smallest absolute Gasteiger partial charge is 0.407 e. The van der Waals surface area contributed by atoms with Crippen molar-refractivity contribution in [2.45, 2.75) is 76.3 Å². The molecule has 1 heterocycles. The normalized spacial score (nSPS) is 37.6. The molecule has 0 aromatic carbocycles. The number of likely N-dealkylation sites (tertiary alicyclic amines) is 1. The molecular formula is C15H25NO2. The summed E-state index contributed by atoms with van der Waals surface area (Å²) in [5.41, 5.74) is 0. The average Bonchev–Trinajstić information content (AvgIpc) is 2.90. The third-order valence-corrected chi connectivity index (χ3v) is 5.58. The lowest BCUT2D eigenvalue weighted by molar-refractivity contribution is 0.00253. The van der Waals surface area contributed by atoms with E-state index in [0.717, 1.165) is 12.8 Å². The van der Waals surface area contributed by atoms with Crippen molar-refractivity contribution in [1.82, 2.24) is 4.90 Å². The quantitative estimate of drug-likeness (QED) is 0.768. The van der Waals surface area contributed by atoms with Crippen LogP contribution in [0.25, 0.3) is 0 Å². The number of carbonyl (C=O) groups is 1. The number of piperidine rings is 1. The molecule has 0 aromatic rings. The van der Waals surface area contributed by atoms with E-state index in [-0.39, 0.29) is 0 Å². The molecular weight excluding hydrogens is 226 g/mol. The molecule has 3 fully saturated rings. The molecule has 3 aliphatic rings. The molecule has 1 saturated heterocycles. The van der Waals surface area contributed by atoms with Gasteiger partial charge in [0.05, 0.1) is 0 Å². The van der Waals surface area contributed by atoms with Gasteiger partial charge in [0.25, 0.3) is 0 Å². The topological polar surface area (TPSA) is 40.5 Å². The summed E-state index contributed by atoms with van der Waals surface area (Å²) in [7, 11) is 0. The summed E-state index contributed by atoms with van der Waals surface area (Å²) in [4.78, 5) is 13.6. The van der Waals surface area contributed by atoms with Crippen molar-refractivity contribution >= 4 is 6.09 Å². The second-order valence-electron chi connectivity index (χ2n) is 6.49. The number of fused-ring (bicyclic) bond motifs is 1. The van der Waals surface area contributed by atoms with Gasteiger partial charge in [0.2, 0.25) is 0 Å². The number of nitrogens with zero attached hydrogens (tertiary/aromatic N) is 1. The summed E-state index contributed by atoms with van der Waals surface area (Å²) in [6.45, 7) is 0. The Hall–Kier alpha value is -0.730. The van der Waals surface area contributed by atoms with E-state index in [0.29, 0.717) is 23.9 Å². The van der Waals surface area contributed by atoms with Gasteiger partial charge in [-0.1, -0.05) is 25.7 Å². The van der Waals surface area contributed by atoms with Crippen molar-refractivity contribution in [3.05, 3.63) is 0 Å². The van der Waals surface area contributed by atoms with Gasteiger partial charge >= 0.3 is 6.09 Å². The highest BCUT2D eigenvalue weighted by molar-refractivity contribution is 5.66. The maximum atomic E-state index is 11.7. The van der Waals surface area contributed by atoms with Crippen LogP contribution in [0.5, 0.6) is 0 Å². The molecule has 1 N–H and O–H groups in total. The minimum Gasteiger partial charge on any atom is -0.465 e. The minimum atomic E-state index is -0.650. The van der Waals surface area contributed by atoms with Crippen LogP contribution in [0.1, 0.15) is 64.2 Å². The molecule has 2 aliphatic carbocycles. The Morgan fingerprint density at radius 3 is 1.89 bits per heavy atom. The summed E-state index contributed by atoms with van der Waals surface area (Å²) in [6.07, 6.45) is 11.8. The molecule has 0 radical (unpaired) electrons. The van der Waals surface area contributed by atoms with Gasteiger partial charge in [-0.25, -0.2) is 4.79 Å². The van der Waals surface area contributed by atoms with Crippen LogP contribution in [0.3, 0.4) is 0 Å². The van der Waals surface area contributed by atoms with Gasteiger partial charge in [0.15, 0.2) is 0 Å². The van der Waals surface area contributed by atoms with Crippen LogP contribution in [-0.4, -0.2) is 28.2 Å². The summed E-state index contributed by atoms with van der Waals surface area (Å²) < 4.78 is 0. The Balaban J connectivity index is 1.79. The Bertz CT molecular complexity index is 312. The SMILES string of the molecule is O=C(O)N1C2CCCCC2CCC1C1CCCC1. The van der Waals surface area contributed by atoms with Gasteiger partial charge < -0.3 is 10.0 Å². The summed E-state index contributed by atoms with van der Waals surface area (Å²) >= 11 is 0. The summed E-state index contributed by atoms with van der Waals surface area (Å²) in [6, 6.07) is 0.681. The molecule has 3 atom stereocenters. The second kappa shape index (κ2) is 5.10. The van der Waals surface area contributed by atoms with Gasteiger partial charge in [0, 0.05) is 12.1 Å². The van der Waals surface area contributed by atoms with Crippen LogP contribution >= 0.6 is 0 Å². The van der Waals surface area contributed by atoms with Crippen LogP contribution in [0.2, 0.25) is 0 Å². The molecule has 102 valence electrons. The van der Waals surface area contributed by atoms with Crippen molar-refractivity contribution < 1.29 is 9.90 Å². The van der Waals surface area contributed by atoms with Gasteiger partial charge in [0.1, 0.15) is 0 Å². The van der Waals surface area contributed by atoms with E-state index in [1.165, 1.54) is 51.4 Å². The molecule has 3 nitrogen and oxygen atoms in total. The highest BCUT2D eigenvalue weighted by Gasteiger charge is 2.44. The largest absolute Gasteiger partial charge is 0.465 e. The first kappa shape index (κ1) is 12.3. The average molecular weight is 251 g/mol. The number of hydrogen-bond acceptors (Lipinski definition) is 1. The van der Waals surface area contributed by atoms with Crippen molar-refractivity contribution in [1.29, 1.82) is 0 Å². The van der Waals surface area contributed by atoms with E-state index in [1.54, 1.807) is 0 Å². The number of hydrogen-bond donors (Lipinski definition) is 1. The standard InChI is InChI=1S/C15H25NO2/c17-15(18)16-13-8-4-3-7-12(13)9-10-14(16)11-5-1-2-6-11/h11-14H,1-10H2,(H,17,18). The van der Waals surface area contributed by atoms with Crippen LogP contribution < -0.4 is 0 Å². The highest BCUT2D eigenvalue weighted by Crippen LogP contribution is 2.43. The molecule has 0 aromatic heterocycles. The van der Waals surface area contributed by atoms with E-state index in [4.69, 9.17) is 0 Å². The second-order valence-corrected chi connectivity index (χ2v) is 6.49. The highest BCUT2D eigenvalue weighted by atomic mass is 16.4. The van der Waals surface area contributed by atoms with Crippen LogP contribution in [0, 0.1) is 11.8 Å². The van der Waals surface area contributed by atoms with Crippen molar-refractivity contribution in [3.63, 3.8) is 0 Å². The Morgan fingerprint density at radius 1 is 0.778 bits per heavy atom. The molecule has 3 unspecified atom stereocenters. The van der Waals surface area contributed by atoms with E-state index in [9.17, 15) is 9.90 Å². The molecule has 3 heteroatoms. The Labute approximate surface area is 110 Å². The summed E-state index contributed by atoms with van der Waals surface area (Å²) in [5, 5.41) is 9.63. The van der Waals surface area contributed by atoms with Gasteiger partial charge in [-0.05, 0) is 50.4 Å². The van der Waals surface area contributed by atoms with E-state index >= 15 is 0 Å². The van der Waals surface area contributed by atoms with E-state index < -0.39 is 6.09 Å². The predicted octanol–water partition coefficient (Wildman–Crippen LogP) is 3.88. The van der Waals surface area contributed by atoms with Crippen LogP contribution in [0.4, 0.5) is 4.79 Å². The number of rotatable bonds is 1. The molecule has 2 saturated carbocycles. The molecule has 0 bridgehead atoms. The lowest BCUT2D eigenvalue weighted by Gasteiger charge is -2.49. The lowest BCUT2D eigenvalue weighted by Crippen LogP contribution is -2.56. The number of amides is 1. The van der Waals surface area contributed by atoms with Gasteiger partial charge in [-0.15, -0.1) is 0 Å². The van der Waals surface area contributed by atoms with Gasteiger partial charge in [-0.3, -0.25) is 0 Å². The van der Waals surface area contributed by atoms with E-state index in [2.05, 4.69) is 0 Å². The fourth-order valence-electron chi connectivity index (χ4n) is 4.75. The maximum Gasteiger partial charge on any atom is 0.407 e. The minimum absolute atomic E-state index is 0.337. The van der Waals surface area contributed by atoms with E-state index in [1.807, 2.05) is 4.90 Å². The zero-order chi connectivity index (χ0) is 12.5. The predicted molar refractivity (Wildman–Crippen MR) is 70.6 cm³/mol. The van der Waals surface area contributed by atoms with Crippen molar-refractivity contribution in [2.24, 2.45) is 11.8 Å². The zero-order valence-electron chi connectivity index (χ0n) is 11.2. The third-order valence-electron chi connectivity index (χ3n) is 5.58. The lowest BCUT2D eigenvalue weighted by atomic mass is 9.74. The molecule has 1 aliphatic heterocycles.